The second kappa shape index (κ2) is 9.78. The molecule has 8 heteroatoms. The molecule has 0 radical (unpaired) electrons. The summed E-state index contributed by atoms with van der Waals surface area (Å²) < 4.78 is 11.1. The lowest BCUT2D eigenvalue weighted by molar-refractivity contribution is -0.135. The molecule has 2 aliphatic heterocycles. The van der Waals surface area contributed by atoms with Gasteiger partial charge in [-0.1, -0.05) is 19.0 Å². The lowest BCUT2D eigenvalue weighted by atomic mass is 10.0. The molecule has 168 valence electrons. The van der Waals surface area contributed by atoms with Crippen LogP contribution in [0, 0.1) is 0 Å². The summed E-state index contributed by atoms with van der Waals surface area (Å²) in [7, 11) is 2.19. The van der Waals surface area contributed by atoms with E-state index in [4.69, 9.17) is 9.26 Å². The van der Waals surface area contributed by atoms with Gasteiger partial charge in [-0.25, -0.2) is 0 Å². The molecule has 2 fully saturated rings. The molecular formula is C23H33N5O3. The van der Waals surface area contributed by atoms with Crippen molar-refractivity contribution in [2.24, 2.45) is 0 Å². The van der Waals surface area contributed by atoms with E-state index in [2.05, 4.69) is 27.0 Å². The number of hydrogen-bond donors (Lipinski definition) is 0. The highest BCUT2D eigenvalue weighted by Crippen LogP contribution is 2.23. The Morgan fingerprint density at radius 2 is 1.77 bits per heavy atom. The van der Waals surface area contributed by atoms with Gasteiger partial charge in [0.1, 0.15) is 5.75 Å². The quantitative estimate of drug-likeness (QED) is 0.701. The molecule has 0 bridgehead atoms. The lowest BCUT2D eigenvalue weighted by Gasteiger charge is -2.42. The Labute approximate surface area is 184 Å². The van der Waals surface area contributed by atoms with Gasteiger partial charge in [-0.3, -0.25) is 9.69 Å². The van der Waals surface area contributed by atoms with E-state index in [0.29, 0.717) is 23.5 Å². The molecule has 2 saturated heterocycles. The molecule has 0 unspecified atom stereocenters. The first kappa shape index (κ1) is 21.8. The zero-order valence-electron chi connectivity index (χ0n) is 18.8. The average molecular weight is 428 g/mol. The SMILES string of the molecule is CC(C)c1noc(-c2ccc(OCC(=O)N3CCN(C4CCN(C)CC4)CC3)cc2)n1. The van der Waals surface area contributed by atoms with Crippen molar-refractivity contribution in [1.82, 2.24) is 24.8 Å². The third-order valence-electron chi connectivity index (χ3n) is 6.29. The molecule has 0 aliphatic carbocycles. The first-order valence-electron chi connectivity index (χ1n) is 11.3. The summed E-state index contributed by atoms with van der Waals surface area (Å²) in [6, 6.07) is 8.08. The largest absolute Gasteiger partial charge is 0.484 e. The highest BCUT2D eigenvalue weighted by molar-refractivity contribution is 5.78. The van der Waals surface area contributed by atoms with Crippen molar-refractivity contribution in [3.8, 4) is 17.2 Å². The third-order valence-corrected chi connectivity index (χ3v) is 6.29. The van der Waals surface area contributed by atoms with E-state index in [-0.39, 0.29) is 18.4 Å². The summed E-state index contributed by atoms with van der Waals surface area (Å²) in [4.78, 5) is 23.9. The Kier molecular flexibility index (Phi) is 6.87. The molecule has 0 N–H and O–H groups in total. The molecule has 0 atom stereocenters. The molecule has 4 rings (SSSR count). The summed E-state index contributed by atoms with van der Waals surface area (Å²) in [6.45, 7) is 9.92. The van der Waals surface area contributed by atoms with E-state index >= 15 is 0 Å². The number of carbonyl (C=O) groups excluding carboxylic acids is 1. The molecule has 31 heavy (non-hydrogen) atoms. The molecule has 1 aromatic heterocycles. The number of amides is 1. The summed E-state index contributed by atoms with van der Waals surface area (Å²) in [5.74, 6) is 2.11. The minimum Gasteiger partial charge on any atom is -0.484 e. The second-order valence-corrected chi connectivity index (χ2v) is 8.88. The third kappa shape index (κ3) is 5.43. The fraction of sp³-hybridized carbons (Fsp3) is 0.609. The Balaban J connectivity index is 1.22. The van der Waals surface area contributed by atoms with Gasteiger partial charge in [-0.05, 0) is 57.2 Å². The van der Waals surface area contributed by atoms with E-state index < -0.39 is 0 Å². The molecule has 0 saturated carbocycles. The van der Waals surface area contributed by atoms with E-state index in [1.807, 2.05) is 43.0 Å². The van der Waals surface area contributed by atoms with Crippen molar-refractivity contribution in [3.05, 3.63) is 30.1 Å². The van der Waals surface area contributed by atoms with Crippen LogP contribution in [0.15, 0.2) is 28.8 Å². The van der Waals surface area contributed by atoms with Crippen LogP contribution in [0.5, 0.6) is 5.75 Å². The van der Waals surface area contributed by atoms with Gasteiger partial charge in [0.25, 0.3) is 11.8 Å². The van der Waals surface area contributed by atoms with Crippen LogP contribution in [0.3, 0.4) is 0 Å². The molecule has 2 aromatic rings. The maximum absolute atomic E-state index is 12.6. The van der Waals surface area contributed by atoms with Crippen LogP contribution in [0.25, 0.3) is 11.5 Å². The minimum absolute atomic E-state index is 0.0468. The molecule has 2 aliphatic rings. The lowest BCUT2D eigenvalue weighted by Crippen LogP contribution is -2.54. The number of likely N-dealkylation sites (tertiary alicyclic amines) is 1. The normalized spacial score (nSPS) is 19.2. The molecule has 3 heterocycles. The maximum atomic E-state index is 12.6. The molecular weight excluding hydrogens is 394 g/mol. The van der Waals surface area contributed by atoms with Gasteiger partial charge >= 0.3 is 0 Å². The summed E-state index contributed by atoms with van der Waals surface area (Å²) in [5, 5.41) is 3.99. The average Bonchev–Trinajstić information content (AvgIpc) is 3.29. The predicted molar refractivity (Wildman–Crippen MR) is 118 cm³/mol. The van der Waals surface area contributed by atoms with E-state index in [9.17, 15) is 4.79 Å². The van der Waals surface area contributed by atoms with Crippen molar-refractivity contribution in [1.29, 1.82) is 0 Å². The Morgan fingerprint density at radius 3 is 2.39 bits per heavy atom. The summed E-state index contributed by atoms with van der Waals surface area (Å²) in [5.41, 5.74) is 0.836. The number of ether oxygens (including phenoxy) is 1. The number of benzene rings is 1. The Hall–Kier alpha value is -2.45. The molecule has 1 amide bonds. The van der Waals surface area contributed by atoms with Crippen molar-refractivity contribution in [2.75, 3.05) is 52.9 Å². The fourth-order valence-corrected chi connectivity index (χ4v) is 4.21. The number of rotatable bonds is 6. The predicted octanol–water partition coefficient (Wildman–Crippen LogP) is 2.48. The van der Waals surface area contributed by atoms with Gasteiger partial charge in [-0.2, -0.15) is 4.98 Å². The van der Waals surface area contributed by atoms with Crippen LogP contribution < -0.4 is 4.74 Å². The number of carbonyl (C=O) groups is 1. The van der Waals surface area contributed by atoms with Crippen molar-refractivity contribution < 1.29 is 14.1 Å². The minimum atomic E-state index is 0.0468. The van der Waals surface area contributed by atoms with E-state index in [0.717, 1.165) is 31.7 Å². The molecule has 1 aromatic carbocycles. The Bertz CT molecular complexity index is 850. The highest BCUT2D eigenvalue weighted by atomic mass is 16.5. The van der Waals surface area contributed by atoms with Crippen molar-refractivity contribution >= 4 is 5.91 Å². The summed E-state index contributed by atoms with van der Waals surface area (Å²) in [6.07, 6.45) is 2.46. The zero-order chi connectivity index (χ0) is 21.8. The van der Waals surface area contributed by atoms with E-state index in [1.54, 1.807) is 0 Å². The zero-order valence-corrected chi connectivity index (χ0v) is 18.8. The van der Waals surface area contributed by atoms with Crippen molar-refractivity contribution in [3.63, 3.8) is 0 Å². The van der Waals surface area contributed by atoms with Crippen LogP contribution >= 0.6 is 0 Å². The number of nitrogens with zero attached hydrogens (tertiary/aromatic N) is 5. The van der Waals surface area contributed by atoms with Gasteiger partial charge in [0.2, 0.25) is 0 Å². The molecule has 8 nitrogen and oxygen atoms in total. The van der Waals surface area contributed by atoms with Crippen LogP contribution in [0.4, 0.5) is 0 Å². The van der Waals surface area contributed by atoms with Gasteiger partial charge in [-0.15, -0.1) is 0 Å². The number of piperazine rings is 1. The second-order valence-electron chi connectivity index (χ2n) is 8.88. The van der Waals surface area contributed by atoms with Crippen LogP contribution in [0.2, 0.25) is 0 Å². The van der Waals surface area contributed by atoms with Gasteiger partial charge in [0, 0.05) is 43.7 Å². The van der Waals surface area contributed by atoms with Crippen LogP contribution in [-0.2, 0) is 4.79 Å². The number of hydrogen-bond acceptors (Lipinski definition) is 7. The van der Waals surface area contributed by atoms with Gasteiger partial charge in [0.15, 0.2) is 12.4 Å². The summed E-state index contributed by atoms with van der Waals surface area (Å²) >= 11 is 0. The smallest absolute Gasteiger partial charge is 0.260 e. The molecule has 0 spiro atoms. The van der Waals surface area contributed by atoms with E-state index in [1.165, 1.54) is 25.9 Å². The van der Waals surface area contributed by atoms with Crippen LogP contribution in [-0.4, -0.2) is 89.7 Å². The van der Waals surface area contributed by atoms with Crippen molar-refractivity contribution in [2.45, 2.75) is 38.6 Å². The monoisotopic (exact) mass is 427 g/mol. The van der Waals surface area contributed by atoms with Gasteiger partial charge in [0.05, 0.1) is 0 Å². The number of piperidine rings is 1. The first-order valence-corrected chi connectivity index (χ1v) is 11.3. The van der Waals surface area contributed by atoms with Crippen LogP contribution in [0.1, 0.15) is 38.4 Å². The maximum Gasteiger partial charge on any atom is 0.260 e. The fourth-order valence-electron chi connectivity index (χ4n) is 4.21. The van der Waals surface area contributed by atoms with Gasteiger partial charge < -0.3 is 19.1 Å². The first-order chi connectivity index (χ1) is 15.0. The highest BCUT2D eigenvalue weighted by Gasteiger charge is 2.28. The topological polar surface area (TPSA) is 74.9 Å². The number of aromatic nitrogens is 2. The standard InChI is InChI=1S/C23H33N5O3/c1-17(2)22-24-23(31-25-22)18-4-6-20(7-5-18)30-16-21(29)28-14-12-27(13-15-28)19-8-10-26(3)11-9-19/h4-7,17,19H,8-16H2,1-3H3. The Morgan fingerprint density at radius 1 is 1.10 bits per heavy atom.